The van der Waals surface area contributed by atoms with Crippen molar-refractivity contribution in [1.82, 2.24) is 0 Å². The predicted octanol–water partition coefficient (Wildman–Crippen LogP) is 5.52. The number of hydrogen-bond acceptors (Lipinski definition) is 4. The van der Waals surface area contributed by atoms with Gasteiger partial charge in [-0.1, -0.05) is 53.7 Å². The fourth-order valence-electron chi connectivity index (χ4n) is 3.04. The Morgan fingerprint density at radius 2 is 0.964 bits per heavy atom. The van der Waals surface area contributed by atoms with Gasteiger partial charge in [0.15, 0.2) is 0 Å². The van der Waals surface area contributed by atoms with Gasteiger partial charge in [0.2, 0.25) is 0 Å². The van der Waals surface area contributed by atoms with E-state index in [4.69, 9.17) is 9.47 Å². The van der Waals surface area contributed by atoms with Crippen molar-refractivity contribution in [1.29, 1.82) is 0 Å². The van der Waals surface area contributed by atoms with Crippen LogP contribution < -0.4 is 0 Å². The molecule has 0 aliphatic rings. The molecule has 2 aromatic carbocycles. The Bertz CT molecular complexity index is 820. The molecule has 0 saturated carbocycles. The van der Waals surface area contributed by atoms with E-state index in [1.165, 1.54) is 14.2 Å². The largest absolute Gasteiger partial charge is 0.465 e. The zero-order valence-corrected chi connectivity index (χ0v) is 18.1. The normalized spacial score (nSPS) is 11.9. The summed E-state index contributed by atoms with van der Waals surface area (Å²) in [5, 5.41) is 0. The molecule has 0 aliphatic carbocycles. The van der Waals surface area contributed by atoms with Crippen LogP contribution in [0.4, 0.5) is 0 Å². The van der Waals surface area contributed by atoms with Crippen molar-refractivity contribution in [2.45, 2.75) is 52.4 Å². The molecule has 0 bridgehead atoms. The lowest BCUT2D eigenvalue weighted by Gasteiger charge is -2.24. The second-order valence-electron chi connectivity index (χ2n) is 9.00. The smallest absolute Gasteiger partial charge is 0.338 e. The Kier molecular flexibility index (Phi) is 6.03. The van der Waals surface area contributed by atoms with Gasteiger partial charge in [0, 0.05) is 0 Å². The number of esters is 2. The van der Waals surface area contributed by atoms with Crippen molar-refractivity contribution in [3.63, 3.8) is 0 Å². The molecule has 0 aromatic heterocycles. The van der Waals surface area contributed by atoms with Crippen LogP contribution in [0.25, 0.3) is 11.1 Å². The molecule has 0 amide bonds. The highest BCUT2D eigenvalue weighted by Gasteiger charge is 2.25. The molecule has 2 rings (SSSR count). The van der Waals surface area contributed by atoms with Gasteiger partial charge in [-0.25, -0.2) is 9.59 Å². The summed E-state index contributed by atoms with van der Waals surface area (Å²) in [6, 6.07) is 11.3. The van der Waals surface area contributed by atoms with Gasteiger partial charge in [0.25, 0.3) is 0 Å². The van der Waals surface area contributed by atoms with Crippen LogP contribution in [0.15, 0.2) is 36.4 Å². The van der Waals surface area contributed by atoms with Crippen LogP contribution in [-0.4, -0.2) is 26.2 Å². The summed E-state index contributed by atoms with van der Waals surface area (Å²) in [4.78, 5) is 24.9. The third kappa shape index (κ3) is 4.44. The molecule has 2 aromatic rings. The highest BCUT2D eigenvalue weighted by Crippen LogP contribution is 2.36. The summed E-state index contributed by atoms with van der Waals surface area (Å²) in [5.74, 6) is -0.875. The van der Waals surface area contributed by atoms with Gasteiger partial charge in [0.1, 0.15) is 0 Å². The summed E-state index contributed by atoms with van der Waals surface area (Å²) in [6.07, 6.45) is 0. The van der Waals surface area contributed by atoms with Crippen LogP contribution in [-0.2, 0) is 20.3 Å². The third-order valence-electron chi connectivity index (χ3n) is 4.87. The molecular formula is C24H30O4. The number of carbonyl (C=O) groups is 2. The van der Waals surface area contributed by atoms with E-state index in [1.807, 2.05) is 24.3 Å². The average molecular weight is 383 g/mol. The summed E-state index contributed by atoms with van der Waals surface area (Å²) in [7, 11) is 2.72. The second kappa shape index (κ2) is 7.78. The van der Waals surface area contributed by atoms with Gasteiger partial charge in [-0.05, 0) is 57.3 Å². The molecule has 0 aliphatic heterocycles. The number of carbonyl (C=O) groups excluding carboxylic acids is 2. The molecular weight excluding hydrogens is 352 g/mol. The van der Waals surface area contributed by atoms with E-state index >= 15 is 0 Å². The Morgan fingerprint density at radius 1 is 0.643 bits per heavy atom. The Hall–Kier alpha value is -2.62. The van der Waals surface area contributed by atoms with E-state index < -0.39 is 11.9 Å². The number of methoxy groups -OCH3 is 2. The van der Waals surface area contributed by atoms with Crippen molar-refractivity contribution in [3.05, 3.63) is 58.7 Å². The first kappa shape index (κ1) is 21.7. The summed E-state index contributed by atoms with van der Waals surface area (Å²) in [5.41, 5.74) is 4.08. The standard InChI is InChI=1S/C24H30O4/c1-23(2,3)15-9-11-17(21(25)27-7)19(13-15)20-14-16(24(4,5)6)10-12-18(20)22(26)28-8/h9-14H,1-8H3. The lowest BCUT2D eigenvalue weighted by Crippen LogP contribution is -2.15. The monoisotopic (exact) mass is 382 g/mol. The minimum absolute atomic E-state index is 0.115. The lowest BCUT2D eigenvalue weighted by molar-refractivity contribution is 0.0590. The van der Waals surface area contributed by atoms with E-state index in [-0.39, 0.29) is 10.8 Å². The Morgan fingerprint density at radius 3 is 1.21 bits per heavy atom. The van der Waals surface area contributed by atoms with Gasteiger partial charge in [0.05, 0.1) is 25.3 Å². The zero-order valence-electron chi connectivity index (χ0n) is 18.1. The van der Waals surface area contributed by atoms with Crippen molar-refractivity contribution in [3.8, 4) is 11.1 Å². The topological polar surface area (TPSA) is 52.6 Å². The van der Waals surface area contributed by atoms with Crippen LogP contribution in [0, 0.1) is 0 Å². The van der Waals surface area contributed by atoms with E-state index in [0.29, 0.717) is 22.3 Å². The number of benzene rings is 2. The lowest BCUT2D eigenvalue weighted by atomic mass is 9.81. The number of rotatable bonds is 3. The van der Waals surface area contributed by atoms with Crippen LogP contribution in [0.3, 0.4) is 0 Å². The maximum atomic E-state index is 12.5. The van der Waals surface area contributed by atoms with E-state index in [0.717, 1.165) is 11.1 Å². The minimum Gasteiger partial charge on any atom is -0.465 e. The van der Waals surface area contributed by atoms with Gasteiger partial charge in [-0.3, -0.25) is 0 Å². The summed E-state index contributed by atoms with van der Waals surface area (Å²) >= 11 is 0. The Balaban J connectivity index is 2.90. The summed E-state index contributed by atoms with van der Waals surface area (Å²) < 4.78 is 9.99. The third-order valence-corrected chi connectivity index (χ3v) is 4.87. The molecule has 0 saturated heterocycles. The maximum Gasteiger partial charge on any atom is 0.338 e. The van der Waals surface area contributed by atoms with Crippen molar-refractivity contribution >= 4 is 11.9 Å². The molecule has 0 N–H and O–H groups in total. The second-order valence-corrected chi connectivity index (χ2v) is 9.00. The molecule has 0 radical (unpaired) electrons. The van der Waals surface area contributed by atoms with E-state index in [9.17, 15) is 9.59 Å². The molecule has 150 valence electrons. The molecule has 0 unspecified atom stereocenters. The first-order valence-corrected chi connectivity index (χ1v) is 9.36. The van der Waals surface area contributed by atoms with Gasteiger partial charge < -0.3 is 9.47 Å². The van der Waals surface area contributed by atoms with Crippen LogP contribution in [0.5, 0.6) is 0 Å². The number of ether oxygens (including phenoxy) is 2. The minimum atomic E-state index is -0.438. The Labute approximate surface area is 167 Å². The van der Waals surface area contributed by atoms with Crippen LogP contribution in [0.2, 0.25) is 0 Å². The van der Waals surface area contributed by atoms with E-state index in [2.05, 4.69) is 41.5 Å². The molecule has 0 spiro atoms. The fraction of sp³-hybridized carbons (Fsp3) is 0.417. The van der Waals surface area contributed by atoms with Crippen molar-refractivity contribution in [2.24, 2.45) is 0 Å². The van der Waals surface area contributed by atoms with Gasteiger partial charge in [-0.15, -0.1) is 0 Å². The predicted molar refractivity (Wildman–Crippen MR) is 112 cm³/mol. The highest BCUT2D eigenvalue weighted by molar-refractivity contribution is 6.03. The molecule has 0 atom stereocenters. The SMILES string of the molecule is COC(=O)c1ccc(C(C)(C)C)cc1-c1cc(C(C)(C)C)ccc1C(=O)OC. The first-order valence-electron chi connectivity index (χ1n) is 9.36. The number of hydrogen-bond donors (Lipinski definition) is 0. The summed E-state index contributed by atoms with van der Waals surface area (Å²) in [6.45, 7) is 12.6. The van der Waals surface area contributed by atoms with Crippen molar-refractivity contribution < 1.29 is 19.1 Å². The first-order chi connectivity index (χ1) is 12.9. The molecule has 0 fully saturated rings. The fourth-order valence-corrected chi connectivity index (χ4v) is 3.04. The van der Waals surface area contributed by atoms with Gasteiger partial charge >= 0.3 is 11.9 Å². The highest BCUT2D eigenvalue weighted by atomic mass is 16.5. The van der Waals surface area contributed by atoms with Gasteiger partial charge in [-0.2, -0.15) is 0 Å². The average Bonchev–Trinajstić information content (AvgIpc) is 2.64. The molecule has 0 heterocycles. The quantitative estimate of drug-likeness (QED) is 0.656. The van der Waals surface area contributed by atoms with Crippen LogP contribution in [0.1, 0.15) is 73.4 Å². The maximum absolute atomic E-state index is 12.5. The van der Waals surface area contributed by atoms with Crippen molar-refractivity contribution in [2.75, 3.05) is 14.2 Å². The molecule has 28 heavy (non-hydrogen) atoms. The van der Waals surface area contributed by atoms with E-state index in [1.54, 1.807) is 12.1 Å². The van der Waals surface area contributed by atoms with Crippen LogP contribution >= 0.6 is 0 Å². The zero-order chi connectivity index (χ0) is 21.3. The molecule has 4 nitrogen and oxygen atoms in total. The molecule has 4 heteroatoms.